The molecule has 8 rings (SSSR count). The van der Waals surface area contributed by atoms with Crippen molar-refractivity contribution in [2.75, 3.05) is 0 Å². The van der Waals surface area contributed by atoms with Crippen LogP contribution in [-0.2, 0) is 32.5 Å². The molecule has 0 heterocycles. The van der Waals surface area contributed by atoms with Gasteiger partial charge >= 0.3 is 12.4 Å². The molecule has 8 aromatic rings. The summed E-state index contributed by atoms with van der Waals surface area (Å²) in [5.41, 5.74) is -0.958. The smallest absolute Gasteiger partial charge is 0.411 e. The number of halogens is 6. The van der Waals surface area contributed by atoms with Gasteiger partial charge in [0.05, 0.1) is 0 Å². The summed E-state index contributed by atoms with van der Waals surface area (Å²) in [6.07, 6.45) is -8.61. The van der Waals surface area contributed by atoms with Crippen molar-refractivity contribution in [1.82, 2.24) is 0 Å². The third-order valence-electron chi connectivity index (χ3n) is 19.2. The van der Waals surface area contributed by atoms with Crippen LogP contribution in [0.4, 0.5) is 26.3 Å². The highest BCUT2D eigenvalue weighted by atomic mass is 19.4. The Bertz CT molecular complexity index is 3790. The fourth-order valence-electron chi connectivity index (χ4n) is 12.7. The topological polar surface area (TPSA) is 46.2 Å². The number of hydrogen-bond acceptors (Lipinski definition) is 5. The summed E-state index contributed by atoms with van der Waals surface area (Å²) in [4.78, 5) is 0. The molecule has 0 aromatic heterocycles. The molecule has 8 aromatic carbocycles. The van der Waals surface area contributed by atoms with Crippen LogP contribution in [0.1, 0.15) is 209 Å². The molecule has 0 bridgehead atoms. The largest absolute Gasteiger partial charge is 0.488 e. The van der Waals surface area contributed by atoms with Crippen LogP contribution in [0.25, 0.3) is 11.1 Å². The summed E-state index contributed by atoms with van der Waals surface area (Å²) < 4.78 is 121. The first-order valence-corrected chi connectivity index (χ1v) is 33.2. The van der Waals surface area contributed by atoms with Crippen LogP contribution < -0.4 is 23.7 Å². The van der Waals surface area contributed by atoms with E-state index in [-0.39, 0.29) is 38.6 Å². The van der Waals surface area contributed by atoms with E-state index < -0.39 is 45.5 Å². The van der Waals surface area contributed by atoms with Gasteiger partial charge in [0.1, 0.15) is 56.9 Å². The lowest BCUT2D eigenvalue weighted by Gasteiger charge is -2.47. The Balaban J connectivity index is 0.935. The Morgan fingerprint density at radius 3 is 0.937 bits per heavy atom. The van der Waals surface area contributed by atoms with Crippen molar-refractivity contribution in [3.8, 4) is 45.6 Å². The standard InChI is InChI=1S/C84H100F6O5/c1-73(2,3)59-27-33-65(34-28-59)82(83(85,86)87,84(88,89)90)66-39-47-72(48-40-66)95-78(14,15)55-54-77(12,13)94-71-45-35-62(36-46-71)79(16,17)61-31-29-60(30-32-61)76(10,11)53-56-81(20,64-25-21-57(22-26-64)58-23-41-69(42-24-58)92-74(4,5)6)80(18,19)63-37-43-67(44-38-63)91-68-49-51-70(52-50-68)93-75(7,8)9/h21-52H,53-56H2,1-20H3. The average molecular weight is 1300 g/mol. The third-order valence-corrected chi connectivity index (χ3v) is 19.2. The minimum atomic E-state index is -5.70. The molecule has 5 nitrogen and oxygen atoms in total. The zero-order valence-corrected chi connectivity index (χ0v) is 59.6. The van der Waals surface area contributed by atoms with Crippen LogP contribution in [0.3, 0.4) is 0 Å². The van der Waals surface area contributed by atoms with Crippen LogP contribution in [-0.4, -0.2) is 34.8 Å². The zero-order chi connectivity index (χ0) is 70.2. The average Bonchev–Trinajstić information content (AvgIpc) is 0.721. The summed E-state index contributed by atoms with van der Waals surface area (Å²) in [7, 11) is 0. The molecular formula is C84H100F6O5. The molecule has 0 N–H and O–H groups in total. The van der Waals surface area contributed by atoms with Crippen molar-refractivity contribution >= 4 is 0 Å². The lowest BCUT2D eigenvalue weighted by Crippen LogP contribution is -2.54. The van der Waals surface area contributed by atoms with Crippen LogP contribution in [0, 0.1) is 0 Å². The van der Waals surface area contributed by atoms with E-state index in [4.69, 9.17) is 23.7 Å². The maximum absolute atomic E-state index is 15.0. The van der Waals surface area contributed by atoms with Gasteiger partial charge in [0.25, 0.3) is 0 Å². The van der Waals surface area contributed by atoms with Gasteiger partial charge in [0.2, 0.25) is 5.41 Å². The minimum Gasteiger partial charge on any atom is -0.488 e. The van der Waals surface area contributed by atoms with E-state index in [1.54, 1.807) is 0 Å². The Kier molecular flexibility index (Phi) is 20.6. The first-order chi connectivity index (χ1) is 43.7. The second-order valence-corrected chi connectivity index (χ2v) is 32.0. The quantitative estimate of drug-likeness (QED) is 0.0597. The van der Waals surface area contributed by atoms with E-state index in [9.17, 15) is 26.3 Å². The van der Waals surface area contributed by atoms with E-state index in [0.29, 0.717) is 24.2 Å². The molecule has 0 radical (unpaired) electrons. The van der Waals surface area contributed by atoms with Gasteiger partial charge in [-0.2, -0.15) is 26.3 Å². The molecule has 1 atom stereocenters. The van der Waals surface area contributed by atoms with Crippen LogP contribution in [0.5, 0.6) is 34.5 Å². The Morgan fingerprint density at radius 1 is 0.263 bits per heavy atom. The van der Waals surface area contributed by atoms with Crippen molar-refractivity contribution in [1.29, 1.82) is 0 Å². The van der Waals surface area contributed by atoms with Crippen molar-refractivity contribution in [3.63, 3.8) is 0 Å². The van der Waals surface area contributed by atoms with Gasteiger partial charge in [-0.25, -0.2) is 0 Å². The number of benzene rings is 8. The summed E-state index contributed by atoms with van der Waals surface area (Å²) in [6.45, 7) is 41.7. The van der Waals surface area contributed by atoms with Gasteiger partial charge in [-0.05, 0) is 240 Å². The number of rotatable bonds is 23. The van der Waals surface area contributed by atoms with E-state index in [1.807, 2.05) is 118 Å². The summed E-state index contributed by atoms with van der Waals surface area (Å²) in [5.74, 6) is 3.97. The molecule has 0 aliphatic rings. The lowest BCUT2D eigenvalue weighted by atomic mass is 9.56. The van der Waals surface area contributed by atoms with E-state index in [1.165, 1.54) is 46.5 Å². The zero-order valence-electron chi connectivity index (χ0n) is 59.6. The Hall–Kier alpha value is -7.66. The first kappa shape index (κ1) is 73.2. The number of alkyl halides is 6. The molecule has 0 saturated carbocycles. The highest BCUT2D eigenvalue weighted by molar-refractivity contribution is 5.65. The fraction of sp³-hybridized carbons (Fsp3) is 0.429. The molecule has 95 heavy (non-hydrogen) atoms. The predicted molar refractivity (Wildman–Crippen MR) is 376 cm³/mol. The molecule has 11 heteroatoms. The SMILES string of the molecule is CC(C)(C)Oc1ccc(Oc2ccc(C(C)(C)C(C)(CCC(C)(C)c3ccc(C(C)(C)c4ccc(OC(C)(C)CCC(C)(C)Oc5ccc(C(c6ccc(C(C)(C)C)cc6)(C(F)(F)F)C(F)(F)F)cc5)cc4)cc3)c3ccc(-c4ccc(OC(C)(C)C)cc4)cc3)cc2)cc1. The van der Waals surface area contributed by atoms with E-state index in [0.717, 1.165) is 76.8 Å². The molecule has 0 amide bonds. The van der Waals surface area contributed by atoms with Crippen LogP contribution in [0.2, 0.25) is 0 Å². The summed E-state index contributed by atoms with van der Waals surface area (Å²) in [5, 5.41) is 0. The van der Waals surface area contributed by atoms with Gasteiger partial charge in [0, 0.05) is 10.8 Å². The fourth-order valence-corrected chi connectivity index (χ4v) is 12.7. The predicted octanol–water partition coefficient (Wildman–Crippen LogP) is 24.3. The highest BCUT2D eigenvalue weighted by Gasteiger charge is 2.72. The van der Waals surface area contributed by atoms with Gasteiger partial charge in [-0.3, -0.25) is 0 Å². The minimum absolute atomic E-state index is 0.147. The first-order valence-electron chi connectivity index (χ1n) is 33.2. The molecule has 508 valence electrons. The van der Waals surface area contributed by atoms with Crippen LogP contribution >= 0.6 is 0 Å². The summed E-state index contributed by atoms with van der Waals surface area (Å²) in [6, 6.07) is 59.7. The lowest BCUT2D eigenvalue weighted by molar-refractivity contribution is -0.288. The molecule has 0 aliphatic carbocycles. The Morgan fingerprint density at radius 2 is 0.547 bits per heavy atom. The number of ether oxygens (including phenoxy) is 5. The molecule has 0 aliphatic heterocycles. The molecule has 1 unspecified atom stereocenters. The Labute approximate surface area is 563 Å². The van der Waals surface area contributed by atoms with Crippen molar-refractivity contribution < 1.29 is 50.0 Å². The molecule has 0 spiro atoms. The van der Waals surface area contributed by atoms with Gasteiger partial charge in [0.15, 0.2) is 0 Å². The van der Waals surface area contributed by atoms with Crippen molar-refractivity contribution in [2.45, 2.75) is 231 Å². The van der Waals surface area contributed by atoms with Crippen molar-refractivity contribution in [3.05, 3.63) is 239 Å². The van der Waals surface area contributed by atoms with E-state index in [2.05, 4.69) is 166 Å². The van der Waals surface area contributed by atoms with Gasteiger partial charge in [-0.15, -0.1) is 0 Å². The highest BCUT2D eigenvalue weighted by Crippen LogP contribution is 2.57. The third kappa shape index (κ3) is 17.1. The maximum atomic E-state index is 15.0. The molecular weight excluding hydrogens is 1200 g/mol. The molecule has 0 saturated heterocycles. The molecule has 0 fully saturated rings. The van der Waals surface area contributed by atoms with Crippen LogP contribution in [0.15, 0.2) is 194 Å². The normalized spacial score (nSPS) is 14.0. The maximum Gasteiger partial charge on any atom is 0.411 e. The monoisotopic (exact) mass is 1300 g/mol. The second-order valence-electron chi connectivity index (χ2n) is 32.0. The van der Waals surface area contributed by atoms with Gasteiger partial charge in [-0.1, -0.05) is 191 Å². The van der Waals surface area contributed by atoms with E-state index >= 15 is 0 Å². The second kappa shape index (κ2) is 26.7. The number of hydrogen-bond donors (Lipinski definition) is 0. The van der Waals surface area contributed by atoms with Gasteiger partial charge < -0.3 is 23.7 Å². The summed E-state index contributed by atoms with van der Waals surface area (Å²) >= 11 is 0. The van der Waals surface area contributed by atoms with Crippen molar-refractivity contribution in [2.24, 2.45) is 0 Å².